The number of nitrogens with zero attached hydrogens (tertiary/aromatic N) is 3. The summed E-state index contributed by atoms with van der Waals surface area (Å²) in [6.07, 6.45) is 4.34. The minimum atomic E-state index is 0.100. The molecule has 2 fully saturated rings. The van der Waals surface area contributed by atoms with Crippen LogP contribution in [0, 0.1) is 0 Å². The number of anilines is 2. The van der Waals surface area contributed by atoms with Crippen LogP contribution in [0.2, 0.25) is 0 Å². The van der Waals surface area contributed by atoms with Gasteiger partial charge in [0.15, 0.2) is 11.5 Å². The Morgan fingerprint density at radius 2 is 1.83 bits per heavy atom. The fourth-order valence-electron chi connectivity index (χ4n) is 4.34. The number of nitrogens with one attached hydrogen (secondary N) is 1. The van der Waals surface area contributed by atoms with Crippen LogP contribution in [0.5, 0.6) is 11.5 Å². The molecular weight excluding hydrogens is 512 g/mol. The molecule has 5 rings (SSSR count). The first-order chi connectivity index (χ1) is 17.2. The topological polar surface area (TPSA) is 78.0 Å². The maximum absolute atomic E-state index is 6.44. The molecule has 0 saturated carbocycles. The van der Waals surface area contributed by atoms with Crippen LogP contribution in [0.25, 0.3) is 10.9 Å². The lowest BCUT2D eigenvalue weighted by Gasteiger charge is -2.27. The summed E-state index contributed by atoms with van der Waals surface area (Å²) in [4.78, 5) is 11.4. The van der Waals surface area contributed by atoms with Gasteiger partial charge in [0.25, 0.3) is 0 Å². The lowest BCUT2D eigenvalue weighted by Crippen LogP contribution is -2.37. The largest absolute Gasteiger partial charge is 0.490 e. The van der Waals surface area contributed by atoms with Crippen molar-refractivity contribution in [3.05, 3.63) is 47.2 Å². The molecule has 0 unspecified atom stereocenters. The third-order valence-electron chi connectivity index (χ3n) is 6.23. The van der Waals surface area contributed by atoms with Crippen LogP contribution in [0.4, 0.5) is 11.5 Å². The zero-order valence-corrected chi connectivity index (χ0v) is 21.3. The third-order valence-corrected chi connectivity index (χ3v) is 6.72. The molecule has 1 N–H and O–H groups in total. The molecule has 0 bridgehead atoms. The highest BCUT2D eigenvalue weighted by molar-refractivity contribution is 9.10. The van der Waals surface area contributed by atoms with E-state index in [4.69, 9.17) is 18.9 Å². The van der Waals surface area contributed by atoms with E-state index in [9.17, 15) is 0 Å². The summed E-state index contributed by atoms with van der Waals surface area (Å²) in [6.45, 7) is 6.63. The molecule has 2 aliphatic rings. The molecule has 3 heterocycles. The molecule has 1 aromatic heterocycles. The van der Waals surface area contributed by atoms with Crippen LogP contribution in [0.3, 0.4) is 0 Å². The first kappa shape index (κ1) is 24.2. The Morgan fingerprint density at radius 3 is 2.66 bits per heavy atom. The third kappa shape index (κ3) is 6.61. The number of halogens is 1. The van der Waals surface area contributed by atoms with Gasteiger partial charge in [-0.15, -0.1) is 0 Å². The lowest BCUT2D eigenvalue weighted by molar-refractivity contribution is 0.0240. The number of rotatable bonds is 9. The Bertz CT molecular complexity index is 1120. The van der Waals surface area contributed by atoms with Crippen molar-refractivity contribution in [2.24, 2.45) is 0 Å². The molecule has 3 aromatic rings. The summed E-state index contributed by atoms with van der Waals surface area (Å²) in [5.74, 6) is 2.17. The molecule has 35 heavy (non-hydrogen) atoms. The molecule has 186 valence electrons. The molecule has 0 atom stereocenters. The molecule has 2 aromatic carbocycles. The van der Waals surface area contributed by atoms with E-state index in [0.717, 1.165) is 90.5 Å². The fourth-order valence-corrected chi connectivity index (χ4v) is 4.74. The maximum atomic E-state index is 6.44. The number of morpholine rings is 1. The van der Waals surface area contributed by atoms with Crippen LogP contribution in [-0.2, 0) is 9.47 Å². The fraction of sp³-hybridized carbons (Fsp3) is 0.462. The summed E-state index contributed by atoms with van der Waals surface area (Å²) in [7, 11) is 0. The van der Waals surface area contributed by atoms with E-state index in [1.807, 2.05) is 36.4 Å². The first-order valence-corrected chi connectivity index (χ1v) is 13.0. The standard InChI is InChI=1S/C26H31BrN4O4/c27-19-3-1-4-20(15-19)30-26-22-16-25(35-21-5-11-32-12-6-21)24(17-23(22)28-18-29-26)34-10-2-7-31-8-13-33-14-9-31/h1,3-4,15-18,21H,2,5-14H2,(H,28,29,30). The Balaban J connectivity index is 1.36. The second-order valence-electron chi connectivity index (χ2n) is 8.76. The molecule has 8 nitrogen and oxygen atoms in total. The van der Waals surface area contributed by atoms with E-state index < -0.39 is 0 Å². The number of fused-ring (bicyclic) bond motifs is 1. The lowest BCUT2D eigenvalue weighted by atomic mass is 10.1. The van der Waals surface area contributed by atoms with E-state index >= 15 is 0 Å². The van der Waals surface area contributed by atoms with E-state index in [2.05, 4.69) is 36.1 Å². The van der Waals surface area contributed by atoms with Crippen molar-refractivity contribution < 1.29 is 18.9 Å². The zero-order valence-electron chi connectivity index (χ0n) is 19.7. The SMILES string of the molecule is Brc1cccc(Nc2ncnc3cc(OCCCN4CCOCC4)c(OC4CCOCC4)cc23)c1. The van der Waals surface area contributed by atoms with Gasteiger partial charge in [-0.25, -0.2) is 9.97 Å². The second kappa shape index (κ2) is 12.0. The van der Waals surface area contributed by atoms with Gasteiger partial charge in [0, 0.05) is 54.1 Å². The van der Waals surface area contributed by atoms with Crippen LogP contribution >= 0.6 is 15.9 Å². The van der Waals surface area contributed by atoms with E-state index in [-0.39, 0.29) is 6.10 Å². The molecule has 2 saturated heterocycles. The Morgan fingerprint density at radius 1 is 1.00 bits per heavy atom. The predicted octanol–water partition coefficient (Wildman–Crippen LogP) is 4.79. The van der Waals surface area contributed by atoms with E-state index in [0.29, 0.717) is 19.8 Å². The average Bonchev–Trinajstić information content (AvgIpc) is 2.88. The minimum Gasteiger partial charge on any atom is -0.490 e. The van der Waals surface area contributed by atoms with Crippen LogP contribution < -0.4 is 14.8 Å². The van der Waals surface area contributed by atoms with E-state index in [1.165, 1.54) is 0 Å². The molecular formula is C26H31BrN4O4. The summed E-state index contributed by atoms with van der Waals surface area (Å²) in [5, 5.41) is 4.30. The smallest absolute Gasteiger partial charge is 0.163 e. The first-order valence-electron chi connectivity index (χ1n) is 12.2. The molecule has 9 heteroatoms. The highest BCUT2D eigenvalue weighted by Crippen LogP contribution is 2.36. The minimum absolute atomic E-state index is 0.100. The van der Waals surface area contributed by atoms with Gasteiger partial charge in [0.2, 0.25) is 0 Å². The van der Waals surface area contributed by atoms with Crippen molar-refractivity contribution in [2.75, 3.05) is 58.0 Å². The van der Waals surface area contributed by atoms with Gasteiger partial charge in [0.1, 0.15) is 18.2 Å². The quantitative estimate of drug-likeness (QED) is 0.386. The number of benzene rings is 2. The second-order valence-corrected chi connectivity index (χ2v) is 9.68. The zero-order chi connectivity index (χ0) is 23.9. The predicted molar refractivity (Wildman–Crippen MR) is 139 cm³/mol. The van der Waals surface area contributed by atoms with Crippen molar-refractivity contribution in [1.82, 2.24) is 14.9 Å². The summed E-state index contributed by atoms with van der Waals surface area (Å²) < 4.78 is 24.6. The van der Waals surface area contributed by atoms with Crippen molar-refractivity contribution in [2.45, 2.75) is 25.4 Å². The molecule has 0 spiro atoms. The van der Waals surface area contributed by atoms with Crippen LogP contribution in [0.1, 0.15) is 19.3 Å². The monoisotopic (exact) mass is 542 g/mol. The van der Waals surface area contributed by atoms with Gasteiger partial charge in [-0.05, 0) is 30.7 Å². The van der Waals surface area contributed by atoms with Gasteiger partial charge in [-0.3, -0.25) is 4.90 Å². The maximum Gasteiger partial charge on any atom is 0.163 e. The summed E-state index contributed by atoms with van der Waals surface area (Å²) in [5.41, 5.74) is 1.75. The van der Waals surface area contributed by atoms with Crippen molar-refractivity contribution in [3.63, 3.8) is 0 Å². The Labute approximate surface area is 214 Å². The van der Waals surface area contributed by atoms with Crippen molar-refractivity contribution >= 4 is 38.3 Å². The summed E-state index contributed by atoms with van der Waals surface area (Å²) in [6, 6.07) is 12.0. The Kier molecular flexibility index (Phi) is 8.30. The molecule has 0 amide bonds. The number of hydrogen-bond acceptors (Lipinski definition) is 8. The molecule has 0 radical (unpaired) electrons. The van der Waals surface area contributed by atoms with Crippen molar-refractivity contribution in [1.29, 1.82) is 0 Å². The highest BCUT2D eigenvalue weighted by Gasteiger charge is 2.20. The van der Waals surface area contributed by atoms with Gasteiger partial charge in [-0.2, -0.15) is 0 Å². The van der Waals surface area contributed by atoms with E-state index in [1.54, 1.807) is 6.33 Å². The van der Waals surface area contributed by atoms with Crippen LogP contribution in [0.15, 0.2) is 47.2 Å². The van der Waals surface area contributed by atoms with Gasteiger partial charge in [-0.1, -0.05) is 22.0 Å². The number of ether oxygens (including phenoxy) is 4. The Hall–Kier alpha value is -2.46. The number of hydrogen-bond donors (Lipinski definition) is 1. The van der Waals surface area contributed by atoms with Gasteiger partial charge < -0.3 is 24.3 Å². The number of aromatic nitrogens is 2. The summed E-state index contributed by atoms with van der Waals surface area (Å²) >= 11 is 3.53. The highest BCUT2D eigenvalue weighted by atomic mass is 79.9. The van der Waals surface area contributed by atoms with Crippen molar-refractivity contribution in [3.8, 4) is 11.5 Å². The normalized spacial score (nSPS) is 17.4. The molecule has 2 aliphatic heterocycles. The van der Waals surface area contributed by atoms with Crippen LogP contribution in [-0.4, -0.2) is 73.6 Å². The van der Waals surface area contributed by atoms with Gasteiger partial charge in [0.05, 0.1) is 38.6 Å². The molecule has 0 aliphatic carbocycles. The average molecular weight is 543 g/mol. The van der Waals surface area contributed by atoms with Gasteiger partial charge >= 0.3 is 0 Å².